The zero-order valence-corrected chi connectivity index (χ0v) is 23.3. The average Bonchev–Trinajstić information content (AvgIpc) is 3.18. The summed E-state index contributed by atoms with van der Waals surface area (Å²) in [7, 11) is 0.616. The molecular weight excluding hydrogens is 502 g/mol. The third kappa shape index (κ3) is 5.94. The van der Waals surface area contributed by atoms with Crippen molar-refractivity contribution in [1.82, 2.24) is 19.5 Å². The number of rotatable bonds is 9. The summed E-state index contributed by atoms with van der Waals surface area (Å²) >= 11 is 0. The Morgan fingerprint density at radius 1 is 1.11 bits per heavy atom. The quantitative estimate of drug-likeness (QED) is 0.314. The lowest BCUT2D eigenvalue weighted by molar-refractivity contribution is -0.124. The summed E-state index contributed by atoms with van der Waals surface area (Å²) in [5, 5.41) is 6.13. The van der Waals surface area contributed by atoms with E-state index in [1.807, 2.05) is 68.6 Å². The van der Waals surface area contributed by atoms with Crippen LogP contribution in [0, 0.1) is 5.41 Å². The number of amides is 1. The first-order valence-corrected chi connectivity index (χ1v) is 14.3. The lowest BCUT2D eigenvalue weighted by Crippen LogP contribution is -2.31. The van der Waals surface area contributed by atoms with Gasteiger partial charge in [0.1, 0.15) is 11.3 Å². The molecular formula is C27H33N7O3S. The van der Waals surface area contributed by atoms with E-state index in [1.165, 1.54) is 6.26 Å². The number of sulfone groups is 1. The van der Waals surface area contributed by atoms with Crippen LogP contribution < -0.4 is 15.5 Å². The first kappa shape index (κ1) is 27.1. The number of anilines is 5. The number of aromatic nitrogens is 4. The topological polar surface area (TPSA) is 122 Å². The molecule has 38 heavy (non-hydrogen) atoms. The van der Waals surface area contributed by atoms with Crippen LogP contribution in [0.4, 0.5) is 29.1 Å². The summed E-state index contributed by atoms with van der Waals surface area (Å²) in [5.41, 5.74) is 3.27. The van der Waals surface area contributed by atoms with E-state index in [0.29, 0.717) is 35.4 Å². The van der Waals surface area contributed by atoms with Crippen molar-refractivity contribution in [2.75, 3.05) is 28.8 Å². The number of para-hydroxylation sites is 1. The molecule has 2 heterocycles. The fourth-order valence-electron chi connectivity index (χ4n) is 3.90. The SMILES string of the molecule is CCC(C)(C)C(=O)Nc1nc2c(N(C)c3ccnc(Nc4cccc(CS(C)(=O)=O)c4)n3)cccc2n1C. The van der Waals surface area contributed by atoms with E-state index in [0.717, 1.165) is 16.7 Å². The minimum Gasteiger partial charge on any atom is -0.327 e. The number of imidazole rings is 1. The number of hydrogen-bond donors (Lipinski definition) is 2. The number of carbonyl (C=O) groups is 1. The van der Waals surface area contributed by atoms with Crippen molar-refractivity contribution in [2.45, 2.75) is 32.9 Å². The molecule has 0 aliphatic carbocycles. The van der Waals surface area contributed by atoms with E-state index >= 15 is 0 Å². The van der Waals surface area contributed by atoms with Crippen LogP contribution >= 0.6 is 0 Å². The molecule has 0 fully saturated rings. The van der Waals surface area contributed by atoms with Gasteiger partial charge in [-0.05, 0) is 42.3 Å². The highest BCUT2D eigenvalue weighted by molar-refractivity contribution is 7.89. The van der Waals surface area contributed by atoms with Gasteiger partial charge in [0, 0.05) is 37.7 Å². The Morgan fingerprint density at radius 2 is 1.84 bits per heavy atom. The van der Waals surface area contributed by atoms with Crippen molar-refractivity contribution in [1.29, 1.82) is 0 Å². The Balaban J connectivity index is 1.62. The first-order valence-electron chi connectivity index (χ1n) is 12.3. The van der Waals surface area contributed by atoms with Crippen LogP contribution in [0.15, 0.2) is 54.7 Å². The smallest absolute Gasteiger partial charge is 0.232 e. The number of nitrogens with zero attached hydrogens (tertiary/aromatic N) is 5. The van der Waals surface area contributed by atoms with Crippen LogP contribution in [0.25, 0.3) is 11.0 Å². The first-order chi connectivity index (χ1) is 17.9. The lowest BCUT2D eigenvalue weighted by atomic mass is 9.89. The second kappa shape index (κ2) is 10.4. The second-order valence-corrected chi connectivity index (χ2v) is 12.2. The van der Waals surface area contributed by atoms with Crippen molar-refractivity contribution in [2.24, 2.45) is 12.5 Å². The largest absolute Gasteiger partial charge is 0.327 e. The predicted octanol–water partition coefficient (Wildman–Crippen LogP) is 4.79. The van der Waals surface area contributed by atoms with E-state index in [1.54, 1.807) is 30.5 Å². The zero-order chi connectivity index (χ0) is 27.7. The summed E-state index contributed by atoms with van der Waals surface area (Å²) in [6.45, 7) is 5.80. The van der Waals surface area contributed by atoms with Gasteiger partial charge in [0.25, 0.3) is 0 Å². The molecule has 0 aliphatic rings. The maximum Gasteiger partial charge on any atom is 0.232 e. The number of aryl methyl sites for hydroxylation is 1. The van der Waals surface area contributed by atoms with Crippen molar-refractivity contribution < 1.29 is 13.2 Å². The van der Waals surface area contributed by atoms with Crippen LogP contribution in [0.2, 0.25) is 0 Å². The van der Waals surface area contributed by atoms with Crippen molar-refractivity contribution >= 4 is 55.9 Å². The molecule has 0 saturated heterocycles. The van der Waals surface area contributed by atoms with E-state index in [4.69, 9.17) is 4.98 Å². The van der Waals surface area contributed by atoms with Gasteiger partial charge in [-0.2, -0.15) is 4.98 Å². The molecule has 0 aliphatic heterocycles. The van der Waals surface area contributed by atoms with E-state index in [2.05, 4.69) is 20.6 Å². The minimum absolute atomic E-state index is 0.0430. The van der Waals surface area contributed by atoms with Crippen molar-refractivity contribution in [3.63, 3.8) is 0 Å². The summed E-state index contributed by atoms with van der Waals surface area (Å²) < 4.78 is 25.2. The van der Waals surface area contributed by atoms with Gasteiger partial charge in [0.15, 0.2) is 9.84 Å². The molecule has 0 unspecified atom stereocenters. The van der Waals surface area contributed by atoms with Crippen molar-refractivity contribution in [3.8, 4) is 0 Å². The maximum absolute atomic E-state index is 12.8. The maximum atomic E-state index is 12.8. The Kier molecular flexibility index (Phi) is 7.41. The molecule has 4 aromatic rings. The van der Waals surface area contributed by atoms with Crippen LogP contribution in [-0.4, -0.2) is 47.1 Å². The highest BCUT2D eigenvalue weighted by Gasteiger charge is 2.27. The van der Waals surface area contributed by atoms with Gasteiger partial charge in [-0.25, -0.2) is 18.4 Å². The standard InChI is InChI=1S/C27H33N7O3S/c1-7-27(2,3)24(35)32-26-31-23-20(12-9-13-21(23)34(26)5)33(4)22-14-15-28-25(30-22)29-19-11-8-10-18(16-19)17-38(6,36)37/h8-16H,7,17H2,1-6H3,(H,28,29,30)(H,31,32,35). The minimum atomic E-state index is -3.15. The number of benzene rings is 2. The number of nitrogens with one attached hydrogen (secondary N) is 2. The molecule has 4 rings (SSSR count). The Hall–Kier alpha value is -3.99. The third-order valence-electron chi connectivity index (χ3n) is 6.57. The summed E-state index contributed by atoms with van der Waals surface area (Å²) in [4.78, 5) is 28.4. The normalized spacial score (nSPS) is 11.9. The zero-order valence-electron chi connectivity index (χ0n) is 22.5. The van der Waals surface area contributed by atoms with E-state index in [-0.39, 0.29) is 11.7 Å². The van der Waals surface area contributed by atoms with Gasteiger partial charge in [-0.15, -0.1) is 0 Å². The number of fused-ring (bicyclic) bond motifs is 1. The molecule has 0 saturated carbocycles. The summed E-state index contributed by atoms with van der Waals surface area (Å²) in [6, 6.07) is 14.8. The highest BCUT2D eigenvalue weighted by Crippen LogP contribution is 2.32. The molecule has 200 valence electrons. The van der Waals surface area contributed by atoms with Crippen LogP contribution in [0.1, 0.15) is 32.8 Å². The van der Waals surface area contributed by atoms with E-state index in [9.17, 15) is 13.2 Å². The summed E-state index contributed by atoms with van der Waals surface area (Å²) in [5.74, 6) is 1.35. The number of carbonyl (C=O) groups excluding carboxylic acids is 1. The van der Waals surface area contributed by atoms with Crippen LogP contribution in [0.5, 0.6) is 0 Å². The lowest BCUT2D eigenvalue weighted by Gasteiger charge is -2.20. The molecule has 0 bridgehead atoms. The Bertz CT molecular complexity index is 1600. The molecule has 2 N–H and O–H groups in total. The van der Waals surface area contributed by atoms with Crippen LogP contribution in [-0.2, 0) is 27.4 Å². The molecule has 2 aromatic carbocycles. The molecule has 0 radical (unpaired) electrons. The van der Waals surface area contributed by atoms with Crippen LogP contribution in [0.3, 0.4) is 0 Å². The van der Waals surface area contributed by atoms with Gasteiger partial charge in [-0.1, -0.05) is 39.0 Å². The van der Waals surface area contributed by atoms with Gasteiger partial charge in [0.05, 0.1) is 17.0 Å². The number of hydrogen-bond acceptors (Lipinski definition) is 8. The monoisotopic (exact) mass is 535 g/mol. The molecule has 10 nitrogen and oxygen atoms in total. The fraction of sp³-hybridized carbons (Fsp3) is 0.333. The molecule has 0 atom stereocenters. The second-order valence-electron chi connectivity index (χ2n) is 10.0. The third-order valence-corrected chi connectivity index (χ3v) is 7.43. The van der Waals surface area contributed by atoms with E-state index < -0.39 is 15.3 Å². The van der Waals surface area contributed by atoms with Crippen molar-refractivity contribution in [3.05, 3.63) is 60.3 Å². The Morgan fingerprint density at radius 3 is 2.55 bits per heavy atom. The average molecular weight is 536 g/mol. The van der Waals surface area contributed by atoms with Gasteiger partial charge >= 0.3 is 0 Å². The molecule has 1 amide bonds. The molecule has 0 spiro atoms. The van der Waals surface area contributed by atoms with Gasteiger partial charge in [0.2, 0.25) is 17.8 Å². The van der Waals surface area contributed by atoms with Gasteiger partial charge < -0.3 is 14.8 Å². The summed E-state index contributed by atoms with van der Waals surface area (Å²) in [6.07, 6.45) is 3.57. The molecule has 2 aromatic heterocycles. The Labute approximate surface area is 223 Å². The fourth-order valence-corrected chi connectivity index (χ4v) is 4.69. The predicted molar refractivity (Wildman–Crippen MR) is 152 cm³/mol. The highest BCUT2D eigenvalue weighted by atomic mass is 32.2. The molecule has 11 heteroatoms. The van der Waals surface area contributed by atoms with Gasteiger partial charge in [-0.3, -0.25) is 10.1 Å².